The third kappa shape index (κ3) is 2.88. The second-order valence-electron chi connectivity index (χ2n) is 5.80. The van der Waals surface area contributed by atoms with Crippen LogP contribution in [0.5, 0.6) is 0 Å². The Morgan fingerprint density at radius 3 is 2.83 bits per heavy atom. The molecule has 5 nitrogen and oxygen atoms in total. The van der Waals surface area contributed by atoms with E-state index in [1.807, 2.05) is 42.6 Å². The molecule has 4 aromatic rings. The molecule has 2 aromatic carbocycles. The Labute approximate surface area is 139 Å². The van der Waals surface area contributed by atoms with E-state index in [1.165, 1.54) is 5.39 Å². The Morgan fingerprint density at radius 1 is 1.08 bits per heavy atom. The van der Waals surface area contributed by atoms with Crippen LogP contribution in [0.3, 0.4) is 0 Å². The molecule has 4 rings (SSSR count). The zero-order valence-electron chi connectivity index (χ0n) is 13.2. The molecule has 2 aromatic heterocycles. The molecule has 0 fully saturated rings. The first-order valence-corrected chi connectivity index (χ1v) is 8.04. The first-order valence-electron chi connectivity index (χ1n) is 8.04. The molecule has 0 spiro atoms. The van der Waals surface area contributed by atoms with E-state index >= 15 is 0 Å². The minimum atomic E-state index is 0.0215. The van der Waals surface area contributed by atoms with Crippen molar-refractivity contribution >= 4 is 27.8 Å². The SMILES string of the molecule is O=C(CCn1ccc2ccccc21)NCc1nc2ccccc2[nH]1. The largest absolute Gasteiger partial charge is 0.349 e. The maximum atomic E-state index is 12.1. The van der Waals surface area contributed by atoms with E-state index in [-0.39, 0.29) is 5.91 Å². The highest BCUT2D eigenvalue weighted by Crippen LogP contribution is 2.15. The van der Waals surface area contributed by atoms with Crippen molar-refractivity contribution in [3.63, 3.8) is 0 Å². The van der Waals surface area contributed by atoms with Gasteiger partial charge in [-0.2, -0.15) is 0 Å². The molecule has 5 heteroatoms. The summed E-state index contributed by atoms with van der Waals surface area (Å²) >= 11 is 0. The topological polar surface area (TPSA) is 62.7 Å². The maximum absolute atomic E-state index is 12.1. The van der Waals surface area contributed by atoms with E-state index in [2.05, 4.69) is 38.1 Å². The summed E-state index contributed by atoms with van der Waals surface area (Å²) in [6, 6.07) is 18.1. The third-order valence-electron chi connectivity index (χ3n) is 4.15. The van der Waals surface area contributed by atoms with Crippen molar-refractivity contribution < 1.29 is 4.79 Å². The van der Waals surface area contributed by atoms with Gasteiger partial charge in [0, 0.05) is 24.7 Å². The highest BCUT2D eigenvalue weighted by Gasteiger charge is 2.06. The summed E-state index contributed by atoms with van der Waals surface area (Å²) in [5, 5.41) is 4.12. The number of H-pyrrole nitrogens is 1. The zero-order chi connectivity index (χ0) is 16.4. The number of para-hydroxylation sites is 3. The van der Waals surface area contributed by atoms with Crippen molar-refractivity contribution in [2.45, 2.75) is 19.5 Å². The second kappa shape index (κ2) is 6.20. The van der Waals surface area contributed by atoms with E-state index in [4.69, 9.17) is 0 Å². The molecule has 0 saturated heterocycles. The fraction of sp³-hybridized carbons (Fsp3) is 0.158. The molecule has 0 bridgehead atoms. The van der Waals surface area contributed by atoms with Crippen LogP contribution in [0.2, 0.25) is 0 Å². The number of fused-ring (bicyclic) bond motifs is 2. The fourth-order valence-corrected chi connectivity index (χ4v) is 2.92. The number of aromatic amines is 1. The van der Waals surface area contributed by atoms with Crippen molar-refractivity contribution in [2.24, 2.45) is 0 Å². The predicted molar refractivity (Wildman–Crippen MR) is 94.5 cm³/mol. The van der Waals surface area contributed by atoms with Gasteiger partial charge in [0.1, 0.15) is 5.82 Å². The lowest BCUT2D eigenvalue weighted by Gasteiger charge is -2.06. The molecule has 0 atom stereocenters. The number of hydrogen-bond donors (Lipinski definition) is 2. The highest BCUT2D eigenvalue weighted by molar-refractivity contribution is 5.80. The zero-order valence-corrected chi connectivity index (χ0v) is 13.2. The van der Waals surface area contributed by atoms with Gasteiger partial charge >= 0.3 is 0 Å². The second-order valence-corrected chi connectivity index (χ2v) is 5.80. The van der Waals surface area contributed by atoms with Gasteiger partial charge in [-0.05, 0) is 29.7 Å². The van der Waals surface area contributed by atoms with Crippen molar-refractivity contribution in [1.82, 2.24) is 19.9 Å². The van der Waals surface area contributed by atoms with Gasteiger partial charge in [0.15, 0.2) is 0 Å². The lowest BCUT2D eigenvalue weighted by molar-refractivity contribution is -0.121. The van der Waals surface area contributed by atoms with Crippen LogP contribution in [0.4, 0.5) is 0 Å². The molecule has 0 saturated carbocycles. The molecule has 0 aliphatic heterocycles. The number of carbonyl (C=O) groups excluding carboxylic acids is 1. The smallest absolute Gasteiger partial charge is 0.222 e. The summed E-state index contributed by atoms with van der Waals surface area (Å²) in [5.74, 6) is 0.796. The van der Waals surface area contributed by atoms with Crippen LogP contribution < -0.4 is 5.32 Å². The molecule has 0 aliphatic rings. The lowest BCUT2D eigenvalue weighted by atomic mass is 10.2. The number of nitrogens with one attached hydrogen (secondary N) is 2. The predicted octanol–water partition coefficient (Wildman–Crippen LogP) is 3.22. The summed E-state index contributed by atoms with van der Waals surface area (Å²) in [7, 11) is 0. The van der Waals surface area contributed by atoms with Crippen LogP contribution in [0.25, 0.3) is 21.9 Å². The Hall–Kier alpha value is -3.08. The van der Waals surface area contributed by atoms with Crippen molar-refractivity contribution in [2.75, 3.05) is 0 Å². The van der Waals surface area contributed by atoms with Crippen molar-refractivity contribution in [3.05, 3.63) is 66.6 Å². The van der Waals surface area contributed by atoms with E-state index in [9.17, 15) is 4.79 Å². The third-order valence-corrected chi connectivity index (χ3v) is 4.15. The molecule has 2 heterocycles. The molecule has 0 aliphatic carbocycles. The number of hydrogen-bond acceptors (Lipinski definition) is 2. The van der Waals surface area contributed by atoms with Crippen molar-refractivity contribution in [1.29, 1.82) is 0 Å². The van der Waals surface area contributed by atoms with E-state index in [0.29, 0.717) is 19.5 Å². The Bertz CT molecular complexity index is 966. The fourth-order valence-electron chi connectivity index (χ4n) is 2.92. The Morgan fingerprint density at radius 2 is 1.92 bits per heavy atom. The Balaban J connectivity index is 1.35. The van der Waals surface area contributed by atoms with Crippen molar-refractivity contribution in [3.8, 4) is 0 Å². The number of carbonyl (C=O) groups is 1. The molecule has 2 N–H and O–H groups in total. The number of aromatic nitrogens is 3. The molecule has 120 valence electrons. The van der Waals surface area contributed by atoms with Crippen LogP contribution in [0.1, 0.15) is 12.2 Å². The maximum Gasteiger partial charge on any atom is 0.222 e. The number of aryl methyl sites for hydroxylation is 1. The highest BCUT2D eigenvalue weighted by atomic mass is 16.1. The molecule has 0 unspecified atom stereocenters. The minimum Gasteiger partial charge on any atom is -0.349 e. The molecule has 1 amide bonds. The van der Waals surface area contributed by atoms with Gasteiger partial charge in [-0.1, -0.05) is 30.3 Å². The summed E-state index contributed by atoms with van der Waals surface area (Å²) in [6.45, 7) is 1.08. The van der Waals surface area contributed by atoms with Gasteiger partial charge < -0.3 is 14.9 Å². The average molecular weight is 318 g/mol. The number of nitrogens with zero attached hydrogens (tertiary/aromatic N) is 2. The quantitative estimate of drug-likeness (QED) is 0.593. The summed E-state index contributed by atoms with van der Waals surface area (Å²) in [6.07, 6.45) is 2.47. The average Bonchev–Trinajstić information content (AvgIpc) is 3.21. The number of amides is 1. The number of benzene rings is 2. The molecule has 0 radical (unpaired) electrons. The van der Waals surface area contributed by atoms with Gasteiger partial charge in [0.2, 0.25) is 5.91 Å². The van der Waals surface area contributed by atoms with E-state index in [0.717, 1.165) is 22.4 Å². The normalized spacial score (nSPS) is 11.2. The van der Waals surface area contributed by atoms with Gasteiger partial charge in [-0.3, -0.25) is 4.79 Å². The van der Waals surface area contributed by atoms with Crippen LogP contribution in [-0.2, 0) is 17.9 Å². The lowest BCUT2D eigenvalue weighted by Crippen LogP contribution is -2.24. The van der Waals surface area contributed by atoms with Gasteiger partial charge in [0.05, 0.1) is 17.6 Å². The number of imidazole rings is 1. The van der Waals surface area contributed by atoms with E-state index in [1.54, 1.807) is 0 Å². The molecular weight excluding hydrogens is 300 g/mol. The Kier molecular flexibility index (Phi) is 3.75. The summed E-state index contributed by atoms with van der Waals surface area (Å²) in [5.41, 5.74) is 3.06. The van der Waals surface area contributed by atoms with Gasteiger partial charge in [0.25, 0.3) is 0 Å². The monoisotopic (exact) mass is 318 g/mol. The van der Waals surface area contributed by atoms with Crippen LogP contribution in [0, 0.1) is 0 Å². The van der Waals surface area contributed by atoms with Crippen LogP contribution in [0.15, 0.2) is 60.8 Å². The minimum absolute atomic E-state index is 0.0215. The first-order chi connectivity index (χ1) is 11.8. The molecule has 24 heavy (non-hydrogen) atoms. The summed E-state index contributed by atoms with van der Waals surface area (Å²) < 4.78 is 2.11. The number of rotatable bonds is 5. The standard InChI is InChI=1S/C19H18N4O/c24-19(10-12-23-11-9-14-5-1-4-8-17(14)23)20-13-18-21-15-6-2-3-7-16(15)22-18/h1-9,11H,10,12-13H2,(H,20,24)(H,21,22). The molecular formula is C19H18N4O. The van der Waals surface area contributed by atoms with Crippen LogP contribution >= 0.6 is 0 Å². The van der Waals surface area contributed by atoms with Gasteiger partial charge in [-0.25, -0.2) is 4.98 Å². The summed E-state index contributed by atoms with van der Waals surface area (Å²) in [4.78, 5) is 19.8. The van der Waals surface area contributed by atoms with E-state index < -0.39 is 0 Å². The van der Waals surface area contributed by atoms with Gasteiger partial charge in [-0.15, -0.1) is 0 Å². The first kappa shape index (κ1) is 14.5. The van der Waals surface area contributed by atoms with Crippen LogP contribution in [-0.4, -0.2) is 20.4 Å².